The van der Waals surface area contributed by atoms with E-state index in [-0.39, 0.29) is 11.9 Å². The van der Waals surface area contributed by atoms with Crippen molar-refractivity contribution < 1.29 is 18.0 Å². The van der Waals surface area contributed by atoms with E-state index in [1.165, 1.54) is 6.07 Å². The molecular weight excluding hydrogens is 429 g/mol. The number of rotatable bonds is 3. The van der Waals surface area contributed by atoms with Crippen molar-refractivity contribution in [1.82, 2.24) is 19.9 Å². The summed E-state index contributed by atoms with van der Waals surface area (Å²) in [5.74, 6) is 0.683. The molecule has 168 valence electrons. The lowest BCUT2D eigenvalue weighted by atomic mass is 10.0. The summed E-state index contributed by atoms with van der Waals surface area (Å²) in [6.07, 6.45) is -2.84. The first-order chi connectivity index (χ1) is 15.8. The van der Waals surface area contributed by atoms with Gasteiger partial charge in [-0.25, -0.2) is 4.98 Å². The molecule has 1 fully saturated rings. The highest BCUT2D eigenvalue weighted by Gasteiger charge is 2.33. The molecule has 1 amide bonds. The molecule has 0 aliphatic carbocycles. The van der Waals surface area contributed by atoms with Gasteiger partial charge in [-0.1, -0.05) is 18.2 Å². The van der Waals surface area contributed by atoms with Gasteiger partial charge >= 0.3 is 6.18 Å². The molecule has 3 heterocycles. The first kappa shape index (κ1) is 21.2. The number of imidazole rings is 1. The Bertz CT molecular complexity index is 1340. The molecule has 2 aromatic heterocycles. The summed E-state index contributed by atoms with van der Waals surface area (Å²) in [5.41, 5.74) is 2.97. The molecule has 5 nitrogen and oxygen atoms in total. The van der Waals surface area contributed by atoms with Gasteiger partial charge in [0.1, 0.15) is 5.82 Å². The zero-order chi connectivity index (χ0) is 23.2. The van der Waals surface area contributed by atoms with E-state index in [1.54, 1.807) is 35.2 Å². The van der Waals surface area contributed by atoms with Gasteiger partial charge in [0.05, 0.1) is 34.0 Å². The van der Waals surface area contributed by atoms with Crippen LogP contribution in [-0.4, -0.2) is 32.3 Å². The SMILES string of the molecule is Cc1nc2ccc(C(=O)N3CCC[C@@H]3c3cccc(-c4cccc(C(F)(F)F)c4)n3)cc2[nH]1. The molecule has 0 saturated carbocycles. The molecule has 1 aliphatic rings. The summed E-state index contributed by atoms with van der Waals surface area (Å²) >= 11 is 0. The van der Waals surface area contributed by atoms with Gasteiger partial charge < -0.3 is 9.88 Å². The number of aromatic amines is 1. The van der Waals surface area contributed by atoms with E-state index in [0.717, 1.165) is 41.8 Å². The Labute approximate surface area is 188 Å². The van der Waals surface area contributed by atoms with Gasteiger partial charge in [0.2, 0.25) is 0 Å². The fraction of sp³-hybridized carbons (Fsp3) is 0.240. The highest BCUT2D eigenvalue weighted by Crippen LogP contribution is 2.35. The number of hydrogen-bond acceptors (Lipinski definition) is 3. The number of amides is 1. The van der Waals surface area contributed by atoms with Crippen molar-refractivity contribution in [1.29, 1.82) is 0 Å². The van der Waals surface area contributed by atoms with Gasteiger partial charge in [-0.3, -0.25) is 9.78 Å². The molecule has 4 aromatic rings. The number of aromatic nitrogens is 3. The smallest absolute Gasteiger partial charge is 0.342 e. The number of pyridine rings is 1. The molecule has 1 saturated heterocycles. The largest absolute Gasteiger partial charge is 0.416 e. The van der Waals surface area contributed by atoms with Crippen LogP contribution in [0.4, 0.5) is 13.2 Å². The van der Waals surface area contributed by atoms with Gasteiger partial charge in [0, 0.05) is 17.7 Å². The topological polar surface area (TPSA) is 61.9 Å². The van der Waals surface area contributed by atoms with E-state index in [9.17, 15) is 18.0 Å². The van der Waals surface area contributed by atoms with Crippen molar-refractivity contribution in [2.24, 2.45) is 0 Å². The first-order valence-electron chi connectivity index (χ1n) is 10.7. The molecule has 33 heavy (non-hydrogen) atoms. The number of nitrogens with one attached hydrogen (secondary N) is 1. The Morgan fingerprint density at radius 1 is 1.06 bits per heavy atom. The number of carbonyl (C=O) groups excluding carboxylic acids is 1. The summed E-state index contributed by atoms with van der Waals surface area (Å²) in [5, 5.41) is 0. The molecule has 0 bridgehead atoms. The van der Waals surface area contributed by atoms with Crippen molar-refractivity contribution >= 4 is 16.9 Å². The standard InChI is InChI=1S/C25H21F3N4O/c1-15-29-20-11-10-17(14-22(20)30-15)24(33)32-12-4-9-23(32)21-8-3-7-19(31-21)16-5-2-6-18(13-16)25(26,27)28/h2-3,5-8,10-11,13-14,23H,4,9,12H2,1H3,(H,29,30)/t23-/m1/s1. The van der Waals surface area contributed by atoms with Gasteiger partial charge in [-0.2, -0.15) is 13.2 Å². The molecule has 0 unspecified atom stereocenters. The van der Waals surface area contributed by atoms with Crippen LogP contribution in [0.15, 0.2) is 60.7 Å². The minimum absolute atomic E-state index is 0.0991. The number of H-pyrrole nitrogens is 1. The minimum atomic E-state index is -4.42. The fourth-order valence-corrected chi connectivity index (χ4v) is 4.41. The van der Waals surface area contributed by atoms with Crippen LogP contribution >= 0.6 is 0 Å². The van der Waals surface area contributed by atoms with E-state index in [4.69, 9.17) is 0 Å². The van der Waals surface area contributed by atoms with Crippen molar-refractivity contribution in [2.75, 3.05) is 6.54 Å². The van der Waals surface area contributed by atoms with Crippen LogP contribution in [0, 0.1) is 6.92 Å². The van der Waals surface area contributed by atoms with Gasteiger partial charge in [-0.05, 0) is 62.2 Å². The Hall–Kier alpha value is -3.68. The summed E-state index contributed by atoms with van der Waals surface area (Å²) in [7, 11) is 0. The molecule has 1 N–H and O–H groups in total. The van der Waals surface area contributed by atoms with E-state index in [2.05, 4.69) is 15.0 Å². The quantitative estimate of drug-likeness (QED) is 0.421. The van der Waals surface area contributed by atoms with Crippen LogP contribution in [0.2, 0.25) is 0 Å². The minimum Gasteiger partial charge on any atom is -0.342 e. The summed E-state index contributed by atoms with van der Waals surface area (Å²) in [6, 6.07) is 15.6. The number of likely N-dealkylation sites (tertiary alicyclic amines) is 1. The number of fused-ring (bicyclic) bond motifs is 1. The fourth-order valence-electron chi connectivity index (χ4n) is 4.41. The Kier molecular flexibility index (Phi) is 5.15. The molecule has 0 radical (unpaired) electrons. The monoisotopic (exact) mass is 450 g/mol. The molecule has 2 aromatic carbocycles. The summed E-state index contributed by atoms with van der Waals surface area (Å²) in [4.78, 5) is 27.3. The molecular formula is C25H21F3N4O. The van der Waals surface area contributed by atoms with Crippen LogP contribution in [0.3, 0.4) is 0 Å². The lowest BCUT2D eigenvalue weighted by Crippen LogP contribution is -2.31. The predicted molar refractivity (Wildman–Crippen MR) is 119 cm³/mol. The third-order valence-corrected chi connectivity index (χ3v) is 5.96. The zero-order valence-electron chi connectivity index (χ0n) is 17.9. The molecule has 0 spiro atoms. The lowest BCUT2D eigenvalue weighted by Gasteiger charge is -2.25. The van der Waals surface area contributed by atoms with Crippen molar-refractivity contribution in [3.05, 3.63) is 83.3 Å². The normalized spacial score (nSPS) is 16.5. The van der Waals surface area contributed by atoms with E-state index >= 15 is 0 Å². The summed E-state index contributed by atoms with van der Waals surface area (Å²) in [6.45, 7) is 2.46. The maximum atomic E-state index is 13.3. The van der Waals surface area contributed by atoms with E-state index in [0.29, 0.717) is 29.1 Å². The first-order valence-corrected chi connectivity index (χ1v) is 10.7. The number of carbonyl (C=O) groups is 1. The van der Waals surface area contributed by atoms with Crippen LogP contribution in [0.5, 0.6) is 0 Å². The maximum Gasteiger partial charge on any atom is 0.416 e. The highest BCUT2D eigenvalue weighted by molar-refractivity contribution is 5.97. The van der Waals surface area contributed by atoms with Crippen LogP contribution < -0.4 is 0 Å². The zero-order valence-corrected chi connectivity index (χ0v) is 17.9. The Morgan fingerprint density at radius 2 is 1.88 bits per heavy atom. The Morgan fingerprint density at radius 3 is 2.70 bits per heavy atom. The van der Waals surface area contributed by atoms with Crippen molar-refractivity contribution in [2.45, 2.75) is 32.0 Å². The average Bonchev–Trinajstić information content (AvgIpc) is 3.43. The average molecular weight is 450 g/mol. The second-order valence-electron chi connectivity index (χ2n) is 8.24. The van der Waals surface area contributed by atoms with Crippen molar-refractivity contribution in [3.8, 4) is 11.3 Å². The van der Waals surface area contributed by atoms with Gasteiger partial charge in [0.25, 0.3) is 5.91 Å². The second-order valence-corrected chi connectivity index (χ2v) is 8.24. The van der Waals surface area contributed by atoms with Crippen molar-refractivity contribution in [3.63, 3.8) is 0 Å². The van der Waals surface area contributed by atoms with Gasteiger partial charge in [-0.15, -0.1) is 0 Å². The van der Waals surface area contributed by atoms with Crippen LogP contribution in [0.1, 0.15) is 46.3 Å². The third-order valence-electron chi connectivity index (χ3n) is 5.96. The maximum absolute atomic E-state index is 13.3. The van der Waals surface area contributed by atoms with Crippen LogP contribution in [0.25, 0.3) is 22.3 Å². The highest BCUT2D eigenvalue weighted by atomic mass is 19.4. The molecule has 1 aliphatic heterocycles. The number of aryl methyl sites for hydroxylation is 1. The molecule has 1 atom stereocenters. The predicted octanol–water partition coefficient (Wildman–Crippen LogP) is 5.93. The lowest BCUT2D eigenvalue weighted by molar-refractivity contribution is -0.137. The number of alkyl halides is 3. The second kappa shape index (κ2) is 8.03. The Balaban J connectivity index is 1.45. The number of halogens is 3. The van der Waals surface area contributed by atoms with E-state index < -0.39 is 11.7 Å². The third kappa shape index (κ3) is 4.08. The van der Waals surface area contributed by atoms with Gasteiger partial charge in [0.15, 0.2) is 0 Å². The molecule has 5 rings (SSSR count). The summed E-state index contributed by atoms with van der Waals surface area (Å²) < 4.78 is 39.4. The number of benzene rings is 2. The van der Waals surface area contributed by atoms with E-state index in [1.807, 2.05) is 19.1 Å². The number of nitrogens with zero attached hydrogens (tertiary/aromatic N) is 3. The number of hydrogen-bond donors (Lipinski definition) is 1. The molecule has 8 heteroatoms. The van der Waals surface area contributed by atoms with Crippen LogP contribution in [-0.2, 0) is 6.18 Å².